The van der Waals surface area contributed by atoms with Gasteiger partial charge in [0.15, 0.2) is 0 Å². The Hall–Kier alpha value is 0.490. The van der Waals surface area contributed by atoms with Crippen molar-refractivity contribution in [1.82, 2.24) is 3.34 Å². The van der Waals surface area contributed by atoms with Crippen LogP contribution < -0.4 is 0 Å². The molecule has 0 aliphatic rings. The molecule has 0 rings (SSSR count). The highest BCUT2D eigenvalue weighted by Gasteiger charge is 2.16. The monoisotopic (exact) mass is 233 g/mol. The molecule has 0 aliphatic carbocycles. The van der Waals surface area contributed by atoms with E-state index in [-0.39, 0.29) is 9.10 Å². The molecule has 74 valence electrons. The second-order valence-electron chi connectivity index (χ2n) is 2.55. The highest BCUT2D eigenvalue weighted by Crippen LogP contribution is 2.11. The van der Waals surface area contributed by atoms with Crippen molar-refractivity contribution in [3.05, 3.63) is 0 Å². The highest BCUT2D eigenvalue weighted by molar-refractivity contribution is 7.90. The predicted molar refractivity (Wildman–Crippen MR) is 51.5 cm³/mol. The molecule has 0 fully saturated rings. The molecule has 0 aromatic rings. The first-order valence-corrected chi connectivity index (χ1v) is 6.14. The van der Waals surface area contributed by atoms with E-state index >= 15 is 0 Å². The van der Waals surface area contributed by atoms with Crippen molar-refractivity contribution >= 4 is 33.6 Å². The van der Waals surface area contributed by atoms with Crippen LogP contribution >= 0.6 is 23.6 Å². The Balaban J connectivity index is 3.63. The molecule has 0 spiro atoms. The summed E-state index contributed by atoms with van der Waals surface area (Å²) in [4.78, 5) is 0. The van der Waals surface area contributed by atoms with Gasteiger partial charge in [-0.25, -0.2) is 8.42 Å². The molecule has 0 saturated carbocycles. The third-order valence-electron chi connectivity index (χ3n) is 1.47. The van der Waals surface area contributed by atoms with Crippen LogP contribution in [0.2, 0.25) is 0 Å². The van der Waals surface area contributed by atoms with E-state index in [4.69, 9.17) is 23.6 Å². The quantitative estimate of drug-likeness (QED) is 0.523. The lowest BCUT2D eigenvalue weighted by molar-refractivity contribution is 0.573. The molecular weight excluding hydrogens is 221 g/mol. The summed E-state index contributed by atoms with van der Waals surface area (Å²) in [5.74, 6) is 0.0278. The molecule has 12 heavy (non-hydrogen) atoms. The first-order valence-electron chi connectivity index (χ1n) is 3.85. The van der Waals surface area contributed by atoms with E-state index in [9.17, 15) is 8.42 Å². The fraction of sp³-hybridized carbons (Fsp3) is 1.00. The van der Waals surface area contributed by atoms with E-state index in [1.807, 2.05) is 0 Å². The lowest BCUT2D eigenvalue weighted by atomic mass is 10.2. The third-order valence-corrected chi connectivity index (χ3v) is 3.95. The van der Waals surface area contributed by atoms with Gasteiger partial charge in [0.2, 0.25) is 10.0 Å². The summed E-state index contributed by atoms with van der Waals surface area (Å²) in [5, 5.41) is 0. The second-order valence-corrected chi connectivity index (χ2v) is 5.74. The average molecular weight is 234 g/mol. The Bertz CT molecular complexity index is 204. The maximum Gasteiger partial charge on any atom is 0.241 e. The van der Waals surface area contributed by atoms with Crippen molar-refractivity contribution in [1.29, 1.82) is 0 Å². The molecule has 0 aromatic carbocycles. The standard InChI is InChI=1S/C6H13Cl2NO2S/c1-2-3-4-5-6-12(10,11)9(7)8/h2-6H2,1H3. The number of unbranched alkanes of at least 4 members (excludes halogenated alkanes) is 3. The van der Waals surface area contributed by atoms with Crippen LogP contribution in [0.1, 0.15) is 32.6 Å². The molecule has 3 nitrogen and oxygen atoms in total. The Morgan fingerprint density at radius 3 is 2.17 bits per heavy atom. The number of hydrogen-bond donors (Lipinski definition) is 0. The van der Waals surface area contributed by atoms with E-state index in [1.165, 1.54) is 0 Å². The van der Waals surface area contributed by atoms with Crippen molar-refractivity contribution in [3.8, 4) is 0 Å². The number of halogens is 2. The van der Waals surface area contributed by atoms with Crippen LogP contribution in [0.5, 0.6) is 0 Å². The Morgan fingerprint density at radius 1 is 1.17 bits per heavy atom. The molecular formula is C6H13Cl2NO2S. The molecule has 0 radical (unpaired) electrons. The maximum absolute atomic E-state index is 11.0. The minimum absolute atomic E-state index is 0.0278. The summed E-state index contributed by atoms with van der Waals surface area (Å²) < 4.78 is 22.1. The van der Waals surface area contributed by atoms with E-state index < -0.39 is 10.0 Å². The van der Waals surface area contributed by atoms with Gasteiger partial charge in [-0.3, -0.25) is 0 Å². The van der Waals surface area contributed by atoms with Crippen LogP contribution in [0.3, 0.4) is 0 Å². The first-order chi connectivity index (χ1) is 5.50. The van der Waals surface area contributed by atoms with Gasteiger partial charge in [0.25, 0.3) is 0 Å². The summed E-state index contributed by atoms with van der Waals surface area (Å²) in [6.07, 6.45) is 3.63. The SMILES string of the molecule is CCCCCCS(=O)(=O)N(Cl)Cl. The summed E-state index contributed by atoms with van der Waals surface area (Å²) in [7, 11) is -3.41. The normalized spacial score (nSPS) is 12.3. The van der Waals surface area contributed by atoms with Crippen molar-refractivity contribution in [2.24, 2.45) is 0 Å². The van der Waals surface area contributed by atoms with Crippen LogP contribution in [0.4, 0.5) is 0 Å². The molecule has 0 saturated heterocycles. The van der Waals surface area contributed by atoms with Gasteiger partial charge < -0.3 is 0 Å². The molecule has 0 aliphatic heterocycles. The fourth-order valence-corrected chi connectivity index (χ4v) is 1.90. The van der Waals surface area contributed by atoms with Gasteiger partial charge in [0.05, 0.1) is 5.75 Å². The van der Waals surface area contributed by atoms with Crippen molar-refractivity contribution < 1.29 is 8.42 Å². The number of rotatable bonds is 6. The third kappa shape index (κ3) is 5.19. The van der Waals surface area contributed by atoms with E-state index in [0.29, 0.717) is 6.42 Å². The minimum Gasteiger partial charge on any atom is -0.210 e. The number of sulfonamides is 1. The Kier molecular flexibility index (Phi) is 6.27. The molecule has 0 N–H and O–H groups in total. The van der Waals surface area contributed by atoms with Crippen molar-refractivity contribution in [2.75, 3.05) is 5.75 Å². The van der Waals surface area contributed by atoms with Gasteiger partial charge in [0, 0.05) is 23.6 Å². The second kappa shape index (κ2) is 6.02. The molecule has 0 aromatic heterocycles. The van der Waals surface area contributed by atoms with E-state index in [2.05, 4.69) is 6.92 Å². The number of nitrogens with zero attached hydrogens (tertiary/aromatic N) is 1. The zero-order valence-corrected chi connectivity index (χ0v) is 9.29. The van der Waals surface area contributed by atoms with Crippen LogP contribution in [-0.2, 0) is 10.0 Å². The largest absolute Gasteiger partial charge is 0.241 e. The molecule has 0 unspecified atom stereocenters. The fourth-order valence-electron chi connectivity index (χ4n) is 0.780. The summed E-state index contributed by atoms with van der Waals surface area (Å²) in [6, 6.07) is 0. The molecule has 6 heteroatoms. The van der Waals surface area contributed by atoms with Gasteiger partial charge in [-0.2, -0.15) is 0 Å². The van der Waals surface area contributed by atoms with Crippen LogP contribution in [-0.4, -0.2) is 17.5 Å². The zero-order chi connectivity index (χ0) is 9.61. The summed E-state index contributed by atoms with van der Waals surface area (Å²) in [6.45, 7) is 2.06. The zero-order valence-electron chi connectivity index (χ0n) is 6.96. The first kappa shape index (κ1) is 12.5. The van der Waals surface area contributed by atoms with Crippen molar-refractivity contribution in [3.63, 3.8) is 0 Å². The minimum atomic E-state index is -3.41. The van der Waals surface area contributed by atoms with Gasteiger partial charge >= 0.3 is 0 Å². The molecule has 0 heterocycles. The maximum atomic E-state index is 11.0. The summed E-state index contributed by atoms with van der Waals surface area (Å²) in [5.41, 5.74) is 0. The van der Waals surface area contributed by atoms with Crippen LogP contribution in [0.25, 0.3) is 0 Å². The van der Waals surface area contributed by atoms with E-state index in [0.717, 1.165) is 19.3 Å². The van der Waals surface area contributed by atoms with Crippen LogP contribution in [0.15, 0.2) is 0 Å². The van der Waals surface area contributed by atoms with Gasteiger partial charge in [-0.1, -0.05) is 26.2 Å². The predicted octanol–water partition coefficient (Wildman–Crippen LogP) is 2.51. The molecule has 0 bridgehead atoms. The molecule has 0 atom stereocenters. The highest BCUT2D eigenvalue weighted by atomic mass is 35.5. The summed E-state index contributed by atoms with van der Waals surface area (Å²) >= 11 is 10.2. The Morgan fingerprint density at radius 2 is 1.75 bits per heavy atom. The number of hydrogen-bond acceptors (Lipinski definition) is 2. The van der Waals surface area contributed by atoms with E-state index in [1.54, 1.807) is 0 Å². The van der Waals surface area contributed by atoms with Crippen molar-refractivity contribution in [2.45, 2.75) is 32.6 Å². The average Bonchev–Trinajstić information content (AvgIpc) is 1.98. The van der Waals surface area contributed by atoms with Crippen LogP contribution in [0, 0.1) is 0 Å². The lowest BCUT2D eigenvalue weighted by Crippen LogP contribution is -2.16. The molecule has 0 amide bonds. The topological polar surface area (TPSA) is 37.4 Å². The van der Waals surface area contributed by atoms with Gasteiger partial charge in [0.1, 0.15) is 0 Å². The lowest BCUT2D eigenvalue weighted by Gasteiger charge is -2.04. The smallest absolute Gasteiger partial charge is 0.210 e. The van der Waals surface area contributed by atoms with Gasteiger partial charge in [-0.15, -0.1) is 0 Å². The van der Waals surface area contributed by atoms with Gasteiger partial charge in [-0.05, 0) is 9.76 Å². The Labute approximate surface area is 83.9 Å².